The Kier molecular flexibility index (Phi) is 6.80. The van der Waals surface area contributed by atoms with E-state index in [1.165, 1.54) is 13.8 Å². The van der Waals surface area contributed by atoms with Crippen molar-refractivity contribution in [3.8, 4) is 11.3 Å². The molecule has 1 amide bonds. The molecule has 0 aliphatic carbocycles. The van der Waals surface area contributed by atoms with Crippen molar-refractivity contribution in [2.24, 2.45) is 0 Å². The van der Waals surface area contributed by atoms with E-state index in [1.54, 1.807) is 24.3 Å². The van der Waals surface area contributed by atoms with Gasteiger partial charge in [0.1, 0.15) is 11.5 Å². The molecule has 2 aromatic carbocycles. The number of hydrogen-bond donors (Lipinski definition) is 1. The summed E-state index contributed by atoms with van der Waals surface area (Å²) in [6.07, 6.45) is -0.491. The number of aryl methyl sites for hydroxylation is 1. The van der Waals surface area contributed by atoms with Gasteiger partial charge in [-0.1, -0.05) is 42.5 Å². The van der Waals surface area contributed by atoms with Crippen molar-refractivity contribution in [3.63, 3.8) is 0 Å². The van der Waals surface area contributed by atoms with E-state index >= 15 is 0 Å². The topological polar surface area (TPSA) is 85.6 Å². The summed E-state index contributed by atoms with van der Waals surface area (Å²) in [4.78, 5) is 35.8. The van der Waals surface area contributed by atoms with Gasteiger partial charge < -0.3 is 14.5 Å². The van der Waals surface area contributed by atoms with Gasteiger partial charge in [-0.15, -0.1) is 0 Å². The zero-order valence-corrected chi connectivity index (χ0v) is 16.9. The minimum Gasteiger partial charge on any atom is -0.461 e. The van der Waals surface area contributed by atoms with Crippen LogP contribution < -0.4 is 5.32 Å². The molecule has 3 aromatic rings. The van der Waals surface area contributed by atoms with Gasteiger partial charge in [0.2, 0.25) is 0 Å². The molecule has 1 unspecified atom stereocenters. The molecule has 6 heteroatoms. The molecule has 0 saturated carbocycles. The lowest BCUT2D eigenvalue weighted by Crippen LogP contribution is -2.30. The van der Waals surface area contributed by atoms with Crippen LogP contribution in [0.25, 0.3) is 11.3 Å². The van der Waals surface area contributed by atoms with E-state index in [-0.39, 0.29) is 12.2 Å². The van der Waals surface area contributed by atoms with Gasteiger partial charge in [-0.3, -0.25) is 14.4 Å². The van der Waals surface area contributed by atoms with Crippen LogP contribution in [0.2, 0.25) is 0 Å². The van der Waals surface area contributed by atoms with Gasteiger partial charge in [0.15, 0.2) is 11.9 Å². The number of ether oxygens (including phenoxy) is 1. The number of nitrogens with one attached hydrogen (secondary N) is 1. The molecule has 1 atom stereocenters. The highest BCUT2D eigenvalue weighted by Gasteiger charge is 2.18. The molecular weight excluding hydrogens is 382 g/mol. The van der Waals surface area contributed by atoms with Crippen LogP contribution in [0.1, 0.15) is 36.4 Å². The first-order valence-corrected chi connectivity index (χ1v) is 9.68. The Morgan fingerprint density at radius 3 is 2.50 bits per heavy atom. The Hall–Kier alpha value is -3.67. The average Bonchev–Trinajstić information content (AvgIpc) is 3.22. The molecule has 3 rings (SSSR count). The summed E-state index contributed by atoms with van der Waals surface area (Å²) in [5, 5.41) is 2.65. The lowest BCUT2D eigenvalue weighted by atomic mass is 10.1. The standard InChI is InChI=1S/C24H23NO5/c1-16(26)19-9-6-10-20(15-19)25-24(28)17(2)29-23(27)14-12-21-11-13-22(30-21)18-7-4-3-5-8-18/h3-11,13,15,17H,12,14H2,1-2H3,(H,25,28). The van der Waals surface area contributed by atoms with Crippen LogP contribution in [-0.2, 0) is 20.7 Å². The van der Waals surface area contributed by atoms with Gasteiger partial charge in [0, 0.05) is 23.2 Å². The van der Waals surface area contributed by atoms with Crippen LogP contribution in [0.5, 0.6) is 0 Å². The highest BCUT2D eigenvalue weighted by atomic mass is 16.5. The maximum atomic E-state index is 12.3. The van der Waals surface area contributed by atoms with Crippen molar-refractivity contribution in [1.29, 1.82) is 0 Å². The Morgan fingerprint density at radius 1 is 1.00 bits per heavy atom. The van der Waals surface area contributed by atoms with Crippen molar-refractivity contribution in [2.75, 3.05) is 5.32 Å². The van der Waals surface area contributed by atoms with Crippen molar-refractivity contribution in [2.45, 2.75) is 32.8 Å². The number of anilines is 1. The van der Waals surface area contributed by atoms with E-state index in [2.05, 4.69) is 5.32 Å². The average molecular weight is 405 g/mol. The van der Waals surface area contributed by atoms with E-state index in [0.717, 1.165) is 11.3 Å². The maximum absolute atomic E-state index is 12.3. The van der Waals surface area contributed by atoms with Gasteiger partial charge in [-0.05, 0) is 38.1 Å². The fraction of sp³-hybridized carbons (Fsp3) is 0.208. The Labute approximate surface area is 174 Å². The predicted molar refractivity (Wildman–Crippen MR) is 113 cm³/mol. The fourth-order valence-electron chi connectivity index (χ4n) is 2.86. The minimum absolute atomic E-state index is 0.0964. The van der Waals surface area contributed by atoms with Gasteiger partial charge in [0.25, 0.3) is 5.91 Å². The summed E-state index contributed by atoms with van der Waals surface area (Å²) >= 11 is 0. The SMILES string of the molecule is CC(=O)c1cccc(NC(=O)C(C)OC(=O)CCc2ccc(-c3ccccc3)o2)c1. The molecule has 0 saturated heterocycles. The summed E-state index contributed by atoms with van der Waals surface area (Å²) in [5.74, 6) is 0.351. The lowest BCUT2D eigenvalue weighted by Gasteiger charge is -2.13. The van der Waals surface area contributed by atoms with E-state index in [4.69, 9.17) is 9.15 Å². The van der Waals surface area contributed by atoms with E-state index in [1.807, 2.05) is 42.5 Å². The maximum Gasteiger partial charge on any atom is 0.307 e. The summed E-state index contributed by atoms with van der Waals surface area (Å²) in [7, 11) is 0. The Morgan fingerprint density at radius 2 is 1.77 bits per heavy atom. The van der Waals surface area contributed by atoms with Gasteiger partial charge >= 0.3 is 5.97 Å². The monoisotopic (exact) mass is 405 g/mol. The first-order chi connectivity index (χ1) is 14.4. The third kappa shape index (κ3) is 5.67. The van der Waals surface area contributed by atoms with Gasteiger partial charge in [0.05, 0.1) is 6.42 Å². The number of benzene rings is 2. The van der Waals surface area contributed by atoms with Crippen LogP contribution in [0, 0.1) is 0 Å². The summed E-state index contributed by atoms with van der Waals surface area (Å²) < 4.78 is 11.0. The number of carbonyl (C=O) groups excluding carboxylic acids is 3. The van der Waals surface area contributed by atoms with Crippen molar-refractivity contribution < 1.29 is 23.5 Å². The highest BCUT2D eigenvalue weighted by molar-refractivity contribution is 5.98. The third-order valence-electron chi connectivity index (χ3n) is 4.51. The molecule has 1 aromatic heterocycles. The summed E-state index contributed by atoms with van der Waals surface area (Å²) in [6, 6.07) is 20.0. The summed E-state index contributed by atoms with van der Waals surface area (Å²) in [5.41, 5.74) is 1.93. The predicted octanol–water partition coefficient (Wildman–Crippen LogP) is 4.65. The molecular formula is C24H23NO5. The molecule has 0 aliphatic heterocycles. The van der Waals surface area contributed by atoms with Crippen LogP contribution in [0.15, 0.2) is 71.1 Å². The quantitative estimate of drug-likeness (QED) is 0.435. The number of carbonyl (C=O) groups is 3. The second-order valence-corrected chi connectivity index (χ2v) is 6.89. The fourth-order valence-corrected chi connectivity index (χ4v) is 2.86. The van der Waals surface area contributed by atoms with Crippen LogP contribution in [0.3, 0.4) is 0 Å². The van der Waals surface area contributed by atoms with Crippen molar-refractivity contribution in [1.82, 2.24) is 0 Å². The van der Waals surface area contributed by atoms with Gasteiger partial charge in [-0.2, -0.15) is 0 Å². The number of esters is 1. The molecule has 0 radical (unpaired) electrons. The normalized spacial score (nSPS) is 11.5. The number of hydrogen-bond acceptors (Lipinski definition) is 5. The van der Waals surface area contributed by atoms with Crippen LogP contribution in [0.4, 0.5) is 5.69 Å². The number of rotatable bonds is 8. The van der Waals surface area contributed by atoms with E-state index in [0.29, 0.717) is 23.4 Å². The molecule has 30 heavy (non-hydrogen) atoms. The zero-order valence-electron chi connectivity index (χ0n) is 16.9. The number of amides is 1. The van der Waals surface area contributed by atoms with Crippen LogP contribution in [-0.4, -0.2) is 23.8 Å². The molecule has 1 heterocycles. The lowest BCUT2D eigenvalue weighted by molar-refractivity contribution is -0.153. The van der Waals surface area contributed by atoms with E-state index in [9.17, 15) is 14.4 Å². The smallest absolute Gasteiger partial charge is 0.307 e. The third-order valence-corrected chi connectivity index (χ3v) is 4.51. The Bertz CT molecular complexity index is 1040. The molecule has 0 fully saturated rings. The first kappa shape index (κ1) is 21.0. The number of ketones is 1. The Balaban J connectivity index is 1.48. The molecule has 1 N–H and O–H groups in total. The second kappa shape index (κ2) is 9.69. The highest BCUT2D eigenvalue weighted by Crippen LogP contribution is 2.22. The summed E-state index contributed by atoms with van der Waals surface area (Å²) in [6.45, 7) is 2.95. The first-order valence-electron chi connectivity index (χ1n) is 9.68. The minimum atomic E-state index is -0.963. The van der Waals surface area contributed by atoms with E-state index < -0.39 is 18.0 Å². The van der Waals surface area contributed by atoms with Gasteiger partial charge in [-0.25, -0.2) is 0 Å². The molecule has 0 spiro atoms. The zero-order chi connectivity index (χ0) is 21.5. The van der Waals surface area contributed by atoms with Crippen molar-refractivity contribution in [3.05, 3.63) is 78.1 Å². The number of Topliss-reactive ketones (excluding diaryl/α,β-unsaturated/α-hetero) is 1. The van der Waals surface area contributed by atoms with Crippen molar-refractivity contribution >= 4 is 23.3 Å². The number of furan rings is 1. The molecule has 0 aliphatic rings. The second-order valence-electron chi connectivity index (χ2n) is 6.89. The van der Waals surface area contributed by atoms with Crippen LogP contribution >= 0.6 is 0 Å². The molecule has 154 valence electrons. The molecule has 6 nitrogen and oxygen atoms in total. The molecule has 0 bridgehead atoms. The largest absolute Gasteiger partial charge is 0.461 e.